The minimum Gasteiger partial charge on any atom is -0.490 e. The van der Waals surface area contributed by atoms with Crippen LogP contribution in [-0.4, -0.2) is 31.3 Å². The Morgan fingerprint density at radius 1 is 0.842 bits per heavy atom. The van der Waals surface area contributed by atoms with Crippen molar-refractivity contribution in [1.82, 2.24) is 5.43 Å². The molecule has 1 amide bonds. The Balaban J connectivity index is 1.30. The summed E-state index contributed by atoms with van der Waals surface area (Å²) in [7, 11) is 0. The topological polar surface area (TPSA) is 86.2 Å². The largest absolute Gasteiger partial charge is 0.490 e. The first kappa shape index (κ1) is 26.1. The van der Waals surface area contributed by atoms with E-state index in [1.807, 2.05) is 42.5 Å². The Bertz CT molecular complexity index is 1410. The zero-order valence-electron chi connectivity index (χ0n) is 20.6. The number of hydrogen-bond acceptors (Lipinski definition) is 6. The monoisotopic (exact) mass is 512 g/mol. The molecule has 0 unspecified atom stereocenters. The molecular formula is C30H25FN2O5. The number of benzene rings is 4. The third-order valence-electron chi connectivity index (χ3n) is 5.28. The molecule has 0 heterocycles. The van der Waals surface area contributed by atoms with Gasteiger partial charge >= 0.3 is 5.97 Å². The fourth-order valence-electron chi connectivity index (χ4n) is 3.44. The molecule has 0 aliphatic rings. The summed E-state index contributed by atoms with van der Waals surface area (Å²) >= 11 is 0. The number of amides is 1. The van der Waals surface area contributed by atoms with E-state index in [0.29, 0.717) is 23.7 Å². The lowest BCUT2D eigenvalue weighted by Crippen LogP contribution is -2.24. The van der Waals surface area contributed by atoms with Gasteiger partial charge in [0, 0.05) is 0 Å². The van der Waals surface area contributed by atoms with Gasteiger partial charge in [0.2, 0.25) is 0 Å². The van der Waals surface area contributed by atoms with Crippen molar-refractivity contribution < 1.29 is 28.2 Å². The van der Waals surface area contributed by atoms with E-state index >= 15 is 0 Å². The van der Waals surface area contributed by atoms with Crippen LogP contribution in [0.2, 0.25) is 0 Å². The number of hydrazone groups is 1. The smallest absolute Gasteiger partial charge is 0.343 e. The molecule has 4 rings (SSSR count). The Kier molecular flexibility index (Phi) is 8.80. The highest BCUT2D eigenvalue weighted by atomic mass is 19.1. The molecule has 4 aromatic carbocycles. The van der Waals surface area contributed by atoms with Crippen molar-refractivity contribution in [3.05, 3.63) is 114 Å². The van der Waals surface area contributed by atoms with Gasteiger partial charge in [0.1, 0.15) is 11.6 Å². The molecule has 0 aromatic heterocycles. The molecule has 0 spiro atoms. The lowest BCUT2D eigenvalue weighted by atomic mass is 10.1. The van der Waals surface area contributed by atoms with Gasteiger partial charge in [0.15, 0.2) is 18.1 Å². The first-order valence-corrected chi connectivity index (χ1v) is 11.9. The number of nitrogens with one attached hydrogen (secondary N) is 1. The SMILES string of the molecule is CCOc1cc(/C=N\NC(=O)COc2ccc(-c3ccccc3)cc2)ccc1OC(=O)c1ccc(F)cc1. The molecule has 0 fully saturated rings. The second kappa shape index (κ2) is 12.8. The molecule has 8 heteroatoms. The van der Waals surface area contributed by atoms with Crippen LogP contribution in [0, 0.1) is 5.82 Å². The molecule has 0 aliphatic carbocycles. The van der Waals surface area contributed by atoms with Crippen LogP contribution in [-0.2, 0) is 4.79 Å². The van der Waals surface area contributed by atoms with E-state index in [9.17, 15) is 14.0 Å². The summed E-state index contributed by atoms with van der Waals surface area (Å²) in [4.78, 5) is 24.5. The molecule has 0 bridgehead atoms. The third kappa shape index (κ3) is 7.27. The van der Waals surface area contributed by atoms with Crippen LogP contribution >= 0.6 is 0 Å². The van der Waals surface area contributed by atoms with Crippen LogP contribution in [0.5, 0.6) is 17.2 Å². The van der Waals surface area contributed by atoms with Gasteiger partial charge in [-0.2, -0.15) is 5.10 Å². The van der Waals surface area contributed by atoms with Crippen LogP contribution in [0.4, 0.5) is 4.39 Å². The maximum Gasteiger partial charge on any atom is 0.343 e. The highest BCUT2D eigenvalue weighted by Crippen LogP contribution is 2.29. The molecule has 192 valence electrons. The molecule has 0 radical (unpaired) electrons. The van der Waals surface area contributed by atoms with Gasteiger partial charge in [-0.05, 0) is 78.2 Å². The quantitative estimate of drug-likeness (QED) is 0.129. The lowest BCUT2D eigenvalue weighted by Gasteiger charge is -2.11. The van der Waals surface area contributed by atoms with Crippen molar-refractivity contribution in [2.24, 2.45) is 5.10 Å². The van der Waals surface area contributed by atoms with E-state index in [4.69, 9.17) is 14.2 Å². The van der Waals surface area contributed by atoms with E-state index < -0.39 is 17.7 Å². The second-order valence-electron chi connectivity index (χ2n) is 8.01. The van der Waals surface area contributed by atoms with Crippen LogP contribution in [0.15, 0.2) is 102 Å². The minimum atomic E-state index is -0.644. The van der Waals surface area contributed by atoms with Crippen LogP contribution in [0.1, 0.15) is 22.8 Å². The van der Waals surface area contributed by atoms with Crippen molar-refractivity contribution in [3.63, 3.8) is 0 Å². The van der Waals surface area contributed by atoms with Crippen LogP contribution < -0.4 is 19.6 Å². The van der Waals surface area contributed by atoms with E-state index in [0.717, 1.165) is 11.1 Å². The fraction of sp³-hybridized carbons (Fsp3) is 0.100. The number of nitrogens with zero attached hydrogens (tertiary/aromatic N) is 1. The van der Waals surface area contributed by atoms with Crippen molar-refractivity contribution >= 4 is 18.1 Å². The highest BCUT2D eigenvalue weighted by molar-refractivity contribution is 5.91. The number of halogens is 1. The first-order chi connectivity index (χ1) is 18.5. The number of carbonyl (C=O) groups is 2. The lowest BCUT2D eigenvalue weighted by molar-refractivity contribution is -0.123. The second-order valence-corrected chi connectivity index (χ2v) is 8.01. The summed E-state index contributed by atoms with van der Waals surface area (Å²) < 4.78 is 29.6. The maximum absolute atomic E-state index is 13.1. The number of carbonyl (C=O) groups excluding carboxylic acids is 2. The van der Waals surface area contributed by atoms with Gasteiger partial charge in [-0.1, -0.05) is 42.5 Å². The average molecular weight is 513 g/mol. The number of esters is 1. The zero-order chi connectivity index (χ0) is 26.7. The van der Waals surface area contributed by atoms with Gasteiger partial charge in [-0.25, -0.2) is 14.6 Å². The van der Waals surface area contributed by atoms with Gasteiger partial charge in [-0.3, -0.25) is 4.79 Å². The molecule has 7 nitrogen and oxygen atoms in total. The van der Waals surface area contributed by atoms with Crippen molar-refractivity contribution in [3.8, 4) is 28.4 Å². The highest BCUT2D eigenvalue weighted by Gasteiger charge is 2.13. The normalized spacial score (nSPS) is 10.7. The molecule has 0 aliphatic heterocycles. The molecule has 0 atom stereocenters. The average Bonchev–Trinajstić information content (AvgIpc) is 2.94. The summed E-state index contributed by atoms with van der Waals surface area (Å²) in [5.74, 6) is -0.431. The Morgan fingerprint density at radius 2 is 1.55 bits per heavy atom. The van der Waals surface area contributed by atoms with Gasteiger partial charge in [0.05, 0.1) is 18.4 Å². The number of rotatable bonds is 10. The molecule has 38 heavy (non-hydrogen) atoms. The zero-order valence-corrected chi connectivity index (χ0v) is 20.6. The number of ether oxygens (including phenoxy) is 3. The van der Waals surface area contributed by atoms with E-state index in [1.165, 1.54) is 30.5 Å². The Labute approximate surface area is 219 Å². The van der Waals surface area contributed by atoms with Crippen molar-refractivity contribution in [2.75, 3.05) is 13.2 Å². The maximum atomic E-state index is 13.1. The summed E-state index contributed by atoms with van der Waals surface area (Å²) in [6.45, 7) is 1.92. The minimum absolute atomic E-state index is 0.203. The first-order valence-electron chi connectivity index (χ1n) is 11.9. The molecule has 0 saturated carbocycles. The van der Waals surface area contributed by atoms with Crippen LogP contribution in [0.25, 0.3) is 11.1 Å². The summed E-state index contributed by atoms with van der Waals surface area (Å²) in [6, 6.07) is 27.3. The van der Waals surface area contributed by atoms with Gasteiger partial charge in [-0.15, -0.1) is 0 Å². The standard InChI is InChI=1S/C30H25FN2O5/c1-2-36-28-18-21(8-17-27(28)38-30(35)24-9-13-25(31)14-10-24)19-32-33-29(34)20-37-26-15-11-23(12-16-26)22-6-4-3-5-7-22/h3-19H,2,20H2,1H3,(H,33,34)/b32-19-. The van der Waals surface area contributed by atoms with E-state index in [2.05, 4.69) is 10.5 Å². The predicted octanol–water partition coefficient (Wildman–Crippen LogP) is 5.64. The summed E-state index contributed by atoms with van der Waals surface area (Å²) in [6.07, 6.45) is 1.43. The fourth-order valence-corrected chi connectivity index (χ4v) is 3.44. The summed E-state index contributed by atoms with van der Waals surface area (Å²) in [5.41, 5.74) is 5.37. The van der Waals surface area contributed by atoms with E-state index in [1.54, 1.807) is 37.3 Å². The molecular weight excluding hydrogens is 487 g/mol. The van der Waals surface area contributed by atoms with Gasteiger partial charge < -0.3 is 14.2 Å². The number of hydrogen-bond donors (Lipinski definition) is 1. The van der Waals surface area contributed by atoms with E-state index in [-0.39, 0.29) is 17.9 Å². The Hall–Kier alpha value is -4.98. The Morgan fingerprint density at radius 3 is 2.26 bits per heavy atom. The molecule has 0 saturated heterocycles. The predicted molar refractivity (Wildman–Crippen MR) is 142 cm³/mol. The summed E-state index contributed by atoms with van der Waals surface area (Å²) in [5, 5.41) is 3.95. The van der Waals surface area contributed by atoms with Crippen LogP contribution in [0.3, 0.4) is 0 Å². The van der Waals surface area contributed by atoms with Crippen molar-refractivity contribution in [1.29, 1.82) is 0 Å². The van der Waals surface area contributed by atoms with Gasteiger partial charge in [0.25, 0.3) is 5.91 Å². The third-order valence-corrected chi connectivity index (χ3v) is 5.28. The molecule has 1 N–H and O–H groups in total. The molecule has 4 aromatic rings. The van der Waals surface area contributed by atoms with Crippen molar-refractivity contribution in [2.45, 2.75) is 6.92 Å².